The largest absolute Gasteiger partial charge is 0.270 e. The van der Waals surface area contributed by atoms with E-state index in [0.717, 1.165) is 30.6 Å². The first kappa shape index (κ1) is 18.1. The minimum absolute atomic E-state index is 0.0277. The number of hydrogen-bond donors (Lipinski definition) is 0. The van der Waals surface area contributed by atoms with Crippen LogP contribution in [0.3, 0.4) is 0 Å². The lowest BCUT2D eigenvalue weighted by Crippen LogP contribution is -2.14. The molecule has 124 valence electrons. The fourth-order valence-electron chi connectivity index (χ4n) is 3.10. The van der Waals surface area contributed by atoms with Gasteiger partial charge in [0, 0.05) is 16.0 Å². The molecule has 1 aromatic carbocycles. The van der Waals surface area contributed by atoms with Crippen LogP contribution in [0.1, 0.15) is 50.0 Å². The monoisotopic (exact) mass is 364 g/mol. The molecule has 1 atom stereocenters. The lowest BCUT2D eigenvalue weighted by atomic mass is 9.90. The minimum atomic E-state index is -3.45. The van der Waals surface area contributed by atoms with E-state index in [-0.39, 0.29) is 12.5 Å². The standard InChI is InChI=1S/C16H22Cl2O3S/c1-22(19,20)21-11-13(7-6-12-4-2-3-5-12)15-9-8-14(17)10-16(15)18/h8-10,12-13H,2-7,11H2,1H3. The van der Waals surface area contributed by atoms with E-state index in [9.17, 15) is 8.42 Å². The number of hydrogen-bond acceptors (Lipinski definition) is 3. The van der Waals surface area contributed by atoms with Crippen molar-refractivity contribution in [3.05, 3.63) is 33.8 Å². The second-order valence-electron chi connectivity index (χ2n) is 6.08. The molecule has 0 saturated heterocycles. The van der Waals surface area contributed by atoms with Gasteiger partial charge in [0.1, 0.15) is 0 Å². The predicted octanol–water partition coefficient (Wildman–Crippen LogP) is 5.02. The van der Waals surface area contributed by atoms with Crippen molar-refractivity contribution in [3.8, 4) is 0 Å². The average Bonchev–Trinajstić information content (AvgIpc) is 2.92. The van der Waals surface area contributed by atoms with Gasteiger partial charge in [-0.25, -0.2) is 0 Å². The molecule has 0 spiro atoms. The first-order valence-corrected chi connectivity index (χ1v) is 10.2. The molecule has 1 saturated carbocycles. The SMILES string of the molecule is CS(=O)(=O)OCC(CCC1CCCC1)c1ccc(Cl)cc1Cl. The van der Waals surface area contributed by atoms with Crippen molar-refractivity contribution in [2.75, 3.05) is 12.9 Å². The third-order valence-electron chi connectivity index (χ3n) is 4.28. The van der Waals surface area contributed by atoms with Crippen LogP contribution in [0.4, 0.5) is 0 Å². The molecule has 2 rings (SSSR count). The van der Waals surface area contributed by atoms with Crippen molar-refractivity contribution in [2.45, 2.75) is 44.4 Å². The predicted molar refractivity (Wildman–Crippen MR) is 91.2 cm³/mol. The number of rotatable bonds is 7. The summed E-state index contributed by atoms with van der Waals surface area (Å²) in [4.78, 5) is 0. The Labute approximate surface area is 143 Å². The highest BCUT2D eigenvalue weighted by atomic mass is 35.5. The first-order chi connectivity index (χ1) is 10.3. The zero-order chi connectivity index (χ0) is 16.2. The third kappa shape index (κ3) is 5.73. The van der Waals surface area contributed by atoms with E-state index in [1.807, 2.05) is 6.07 Å². The molecule has 3 nitrogen and oxygen atoms in total. The van der Waals surface area contributed by atoms with Gasteiger partial charge in [-0.3, -0.25) is 4.18 Å². The Bertz CT molecular complexity index is 595. The molecule has 0 amide bonds. The molecule has 0 bridgehead atoms. The van der Waals surface area contributed by atoms with Crippen LogP contribution >= 0.6 is 23.2 Å². The van der Waals surface area contributed by atoms with E-state index < -0.39 is 10.1 Å². The van der Waals surface area contributed by atoms with Gasteiger partial charge in [-0.1, -0.05) is 55.0 Å². The van der Waals surface area contributed by atoms with E-state index in [0.29, 0.717) is 10.0 Å². The number of benzene rings is 1. The van der Waals surface area contributed by atoms with Crippen molar-refractivity contribution >= 4 is 33.3 Å². The fraction of sp³-hybridized carbons (Fsp3) is 0.625. The molecule has 1 aromatic rings. The molecule has 0 heterocycles. The zero-order valence-corrected chi connectivity index (χ0v) is 15.1. The zero-order valence-electron chi connectivity index (χ0n) is 12.7. The summed E-state index contributed by atoms with van der Waals surface area (Å²) < 4.78 is 27.6. The Balaban J connectivity index is 2.08. The topological polar surface area (TPSA) is 43.4 Å². The van der Waals surface area contributed by atoms with Gasteiger partial charge in [-0.2, -0.15) is 8.42 Å². The van der Waals surface area contributed by atoms with Crippen LogP contribution in [0, 0.1) is 5.92 Å². The summed E-state index contributed by atoms with van der Waals surface area (Å²) in [6.45, 7) is 0.132. The number of halogens is 2. The van der Waals surface area contributed by atoms with Crippen molar-refractivity contribution in [1.82, 2.24) is 0 Å². The Kier molecular flexibility index (Phi) is 6.57. The van der Waals surface area contributed by atoms with Crippen LogP contribution in [0.2, 0.25) is 10.0 Å². The highest BCUT2D eigenvalue weighted by molar-refractivity contribution is 7.85. The molecule has 0 radical (unpaired) electrons. The fourth-order valence-corrected chi connectivity index (χ4v) is 4.08. The molecule has 1 unspecified atom stereocenters. The molecule has 0 aromatic heterocycles. The van der Waals surface area contributed by atoms with Gasteiger partial charge in [-0.05, 0) is 36.5 Å². The lowest BCUT2D eigenvalue weighted by molar-refractivity contribution is 0.279. The van der Waals surface area contributed by atoms with Crippen LogP contribution in [0.25, 0.3) is 0 Å². The summed E-state index contributed by atoms with van der Waals surface area (Å²) in [6.07, 6.45) is 8.18. The second kappa shape index (κ2) is 8.00. The second-order valence-corrected chi connectivity index (χ2v) is 8.57. The van der Waals surface area contributed by atoms with Gasteiger partial charge in [0.15, 0.2) is 0 Å². The van der Waals surface area contributed by atoms with Gasteiger partial charge in [-0.15, -0.1) is 0 Å². The molecule has 0 aliphatic heterocycles. The summed E-state index contributed by atoms with van der Waals surface area (Å²) in [7, 11) is -3.45. The lowest BCUT2D eigenvalue weighted by Gasteiger charge is -2.20. The van der Waals surface area contributed by atoms with E-state index in [4.69, 9.17) is 27.4 Å². The van der Waals surface area contributed by atoms with E-state index in [2.05, 4.69) is 0 Å². The Morgan fingerprint density at radius 1 is 1.27 bits per heavy atom. The van der Waals surface area contributed by atoms with Gasteiger partial charge in [0.2, 0.25) is 0 Å². The molecule has 1 aliphatic carbocycles. The quantitative estimate of drug-likeness (QED) is 0.637. The maximum Gasteiger partial charge on any atom is 0.264 e. The van der Waals surface area contributed by atoms with Gasteiger partial charge in [0.25, 0.3) is 10.1 Å². The van der Waals surface area contributed by atoms with Crippen LogP contribution < -0.4 is 0 Å². The molecular formula is C16H22Cl2O3S. The van der Waals surface area contributed by atoms with Crippen molar-refractivity contribution in [2.24, 2.45) is 5.92 Å². The summed E-state index contributed by atoms with van der Waals surface area (Å²) >= 11 is 12.2. The van der Waals surface area contributed by atoms with E-state index >= 15 is 0 Å². The Morgan fingerprint density at radius 2 is 1.95 bits per heavy atom. The average molecular weight is 365 g/mol. The van der Waals surface area contributed by atoms with E-state index in [1.54, 1.807) is 12.1 Å². The maximum atomic E-state index is 11.3. The molecular weight excluding hydrogens is 343 g/mol. The summed E-state index contributed by atoms with van der Waals surface area (Å²) in [5, 5.41) is 1.15. The summed E-state index contributed by atoms with van der Waals surface area (Å²) in [5.41, 5.74) is 0.910. The maximum absolute atomic E-state index is 11.3. The van der Waals surface area contributed by atoms with Crippen molar-refractivity contribution < 1.29 is 12.6 Å². The van der Waals surface area contributed by atoms with Gasteiger partial charge < -0.3 is 0 Å². The van der Waals surface area contributed by atoms with Crippen LogP contribution in [-0.2, 0) is 14.3 Å². The van der Waals surface area contributed by atoms with Crippen LogP contribution in [0.15, 0.2) is 18.2 Å². The van der Waals surface area contributed by atoms with Crippen molar-refractivity contribution in [3.63, 3.8) is 0 Å². The summed E-state index contributed by atoms with van der Waals surface area (Å²) in [5.74, 6) is 0.715. The molecule has 0 N–H and O–H groups in total. The summed E-state index contributed by atoms with van der Waals surface area (Å²) in [6, 6.07) is 5.35. The molecule has 1 aliphatic rings. The molecule has 22 heavy (non-hydrogen) atoms. The smallest absolute Gasteiger partial charge is 0.264 e. The van der Waals surface area contributed by atoms with Crippen LogP contribution in [-0.4, -0.2) is 21.3 Å². The minimum Gasteiger partial charge on any atom is -0.270 e. The molecule has 1 fully saturated rings. The van der Waals surface area contributed by atoms with Crippen molar-refractivity contribution in [1.29, 1.82) is 0 Å². The van der Waals surface area contributed by atoms with Gasteiger partial charge in [0.05, 0.1) is 12.9 Å². The van der Waals surface area contributed by atoms with Gasteiger partial charge >= 0.3 is 0 Å². The third-order valence-corrected chi connectivity index (χ3v) is 5.41. The first-order valence-electron chi connectivity index (χ1n) is 7.64. The normalized spacial score (nSPS) is 17.8. The Morgan fingerprint density at radius 3 is 2.55 bits per heavy atom. The molecule has 6 heteroatoms. The van der Waals surface area contributed by atoms with E-state index in [1.165, 1.54) is 25.7 Å². The van der Waals surface area contributed by atoms with Crippen LogP contribution in [0.5, 0.6) is 0 Å². The Hall–Kier alpha value is -0.290. The highest BCUT2D eigenvalue weighted by Crippen LogP contribution is 2.35. The highest BCUT2D eigenvalue weighted by Gasteiger charge is 2.21.